The first-order chi connectivity index (χ1) is 9.34. The molecule has 1 fully saturated rings. The third kappa shape index (κ3) is 5.82. The van der Waals surface area contributed by atoms with E-state index in [-0.39, 0.29) is 11.3 Å². The second-order valence-electron chi connectivity index (χ2n) is 7.65. The fraction of sp³-hybridized carbons (Fsp3) is 0.941. The Morgan fingerprint density at radius 2 is 2.00 bits per heavy atom. The lowest BCUT2D eigenvalue weighted by Crippen LogP contribution is -2.31. The van der Waals surface area contributed by atoms with Gasteiger partial charge < -0.3 is 11.1 Å². The number of carbonyl (C=O) groups excluding carboxylic acids is 1. The summed E-state index contributed by atoms with van der Waals surface area (Å²) in [4.78, 5) is 12.0. The zero-order chi connectivity index (χ0) is 15.2. The summed E-state index contributed by atoms with van der Waals surface area (Å²) in [7, 11) is 0. The Labute approximate surface area is 125 Å². The molecule has 3 unspecified atom stereocenters. The van der Waals surface area contributed by atoms with Crippen LogP contribution in [-0.2, 0) is 4.79 Å². The van der Waals surface area contributed by atoms with Gasteiger partial charge in [0.2, 0.25) is 5.91 Å². The van der Waals surface area contributed by atoms with E-state index in [1.165, 1.54) is 19.3 Å². The van der Waals surface area contributed by atoms with Gasteiger partial charge in [-0.05, 0) is 49.0 Å². The van der Waals surface area contributed by atoms with E-state index in [0.717, 1.165) is 25.3 Å². The largest absolute Gasteiger partial charge is 0.356 e. The summed E-state index contributed by atoms with van der Waals surface area (Å²) < 4.78 is 0. The summed E-state index contributed by atoms with van der Waals surface area (Å²) in [5, 5.41) is 3.13. The molecule has 1 amide bonds. The van der Waals surface area contributed by atoms with Crippen molar-refractivity contribution in [2.75, 3.05) is 13.1 Å². The Morgan fingerprint density at radius 1 is 1.30 bits per heavy atom. The molecule has 1 rings (SSSR count). The molecule has 3 nitrogen and oxygen atoms in total. The van der Waals surface area contributed by atoms with Gasteiger partial charge in [-0.2, -0.15) is 0 Å². The molecule has 0 radical (unpaired) electrons. The Hall–Kier alpha value is -0.570. The van der Waals surface area contributed by atoms with Gasteiger partial charge in [0.05, 0.1) is 0 Å². The number of amides is 1. The average molecular weight is 282 g/mol. The van der Waals surface area contributed by atoms with E-state index >= 15 is 0 Å². The van der Waals surface area contributed by atoms with E-state index in [1.54, 1.807) is 0 Å². The van der Waals surface area contributed by atoms with Crippen LogP contribution in [0.3, 0.4) is 0 Å². The lowest BCUT2D eigenvalue weighted by Gasteiger charge is -2.30. The van der Waals surface area contributed by atoms with Crippen molar-refractivity contribution < 1.29 is 4.79 Å². The quantitative estimate of drug-likeness (QED) is 0.752. The minimum absolute atomic E-state index is 0.218. The predicted molar refractivity (Wildman–Crippen MR) is 85.4 cm³/mol. The van der Waals surface area contributed by atoms with Crippen molar-refractivity contribution >= 4 is 5.91 Å². The molecular weight excluding hydrogens is 248 g/mol. The van der Waals surface area contributed by atoms with Gasteiger partial charge in [-0.3, -0.25) is 4.79 Å². The maximum absolute atomic E-state index is 12.0. The fourth-order valence-corrected chi connectivity index (χ4v) is 3.38. The summed E-state index contributed by atoms with van der Waals surface area (Å²) in [6.07, 6.45) is 6.53. The van der Waals surface area contributed by atoms with E-state index in [9.17, 15) is 4.79 Å². The van der Waals surface area contributed by atoms with E-state index in [4.69, 9.17) is 5.73 Å². The van der Waals surface area contributed by atoms with Crippen LogP contribution >= 0.6 is 0 Å². The monoisotopic (exact) mass is 282 g/mol. The summed E-state index contributed by atoms with van der Waals surface area (Å²) >= 11 is 0. The molecule has 3 heteroatoms. The third-order valence-electron chi connectivity index (χ3n) is 5.06. The highest BCUT2D eigenvalue weighted by atomic mass is 16.1. The van der Waals surface area contributed by atoms with E-state index in [1.807, 2.05) is 0 Å². The van der Waals surface area contributed by atoms with E-state index in [2.05, 4.69) is 33.0 Å². The molecule has 118 valence electrons. The molecule has 1 saturated carbocycles. The maximum atomic E-state index is 12.0. The van der Waals surface area contributed by atoms with Crippen LogP contribution in [0.1, 0.15) is 66.2 Å². The van der Waals surface area contributed by atoms with Crippen molar-refractivity contribution in [1.82, 2.24) is 5.32 Å². The molecule has 1 aliphatic rings. The van der Waals surface area contributed by atoms with Crippen LogP contribution in [0.15, 0.2) is 0 Å². The van der Waals surface area contributed by atoms with Gasteiger partial charge in [-0.1, -0.05) is 40.5 Å². The highest BCUT2D eigenvalue weighted by Crippen LogP contribution is 2.32. The van der Waals surface area contributed by atoms with Gasteiger partial charge in [-0.15, -0.1) is 0 Å². The number of carbonyl (C=O) groups is 1. The predicted octanol–water partition coefficient (Wildman–Crippen LogP) is 3.33. The lowest BCUT2D eigenvalue weighted by atomic mass is 9.76. The molecule has 0 spiro atoms. The van der Waals surface area contributed by atoms with Crippen LogP contribution in [0.25, 0.3) is 0 Å². The fourth-order valence-electron chi connectivity index (χ4n) is 3.38. The molecule has 0 aromatic carbocycles. The van der Waals surface area contributed by atoms with Crippen molar-refractivity contribution in [3.63, 3.8) is 0 Å². The number of hydrogen-bond donors (Lipinski definition) is 2. The second kappa shape index (κ2) is 8.02. The van der Waals surface area contributed by atoms with Gasteiger partial charge in [0, 0.05) is 13.0 Å². The molecule has 0 bridgehead atoms. The van der Waals surface area contributed by atoms with Crippen molar-refractivity contribution in [2.24, 2.45) is 28.9 Å². The number of rotatable bonds is 7. The second-order valence-corrected chi connectivity index (χ2v) is 7.65. The van der Waals surface area contributed by atoms with Crippen LogP contribution in [0, 0.1) is 23.2 Å². The minimum Gasteiger partial charge on any atom is -0.356 e. The normalized spacial score (nSPS) is 24.6. The SMILES string of the molecule is CC1CCCC1CNC(=O)CCC(CCN)C(C)(C)C. The molecule has 0 aromatic rings. The summed E-state index contributed by atoms with van der Waals surface area (Å²) in [5.74, 6) is 2.22. The van der Waals surface area contributed by atoms with Gasteiger partial charge in [-0.25, -0.2) is 0 Å². The molecular formula is C17H34N2O. The first kappa shape index (κ1) is 17.5. The Morgan fingerprint density at radius 3 is 2.50 bits per heavy atom. The highest BCUT2D eigenvalue weighted by molar-refractivity contribution is 5.75. The topological polar surface area (TPSA) is 55.1 Å². The maximum Gasteiger partial charge on any atom is 0.220 e. The molecule has 1 aliphatic carbocycles. The first-order valence-electron chi connectivity index (χ1n) is 8.31. The Balaban J connectivity index is 2.27. The molecule has 0 heterocycles. The first-order valence-corrected chi connectivity index (χ1v) is 8.31. The Kier molecular flexibility index (Phi) is 7.01. The molecule has 3 N–H and O–H groups in total. The zero-order valence-corrected chi connectivity index (χ0v) is 13.9. The van der Waals surface area contributed by atoms with Crippen molar-refractivity contribution in [3.05, 3.63) is 0 Å². The smallest absolute Gasteiger partial charge is 0.220 e. The molecule has 20 heavy (non-hydrogen) atoms. The van der Waals surface area contributed by atoms with E-state index in [0.29, 0.717) is 24.8 Å². The minimum atomic E-state index is 0.218. The van der Waals surface area contributed by atoms with E-state index < -0.39 is 0 Å². The lowest BCUT2D eigenvalue weighted by molar-refractivity contribution is -0.121. The van der Waals surface area contributed by atoms with Gasteiger partial charge in [0.25, 0.3) is 0 Å². The summed E-state index contributed by atoms with van der Waals surface area (Å²) in [6, 6.07) is 0. The number of hydrogen-bond acceptors (Lipinski definition) is 2. The number of nitrogens with one attached hydrogen (secondary N) is 1. The van der Waals surface area contributed by atoms with Crippen LogP contribution in [0.4, 0.5) is 0 Å². The highest BCUT2D eigenvalue weighted by Gasteiger charge is 2.25. The number of nitrogens with two attached hydrogens (primary N) is 1. The molecule has 3 atom stereocenters. The van der Waals surface area contributed by atoms with Crippen molar-refractivity contribution in [2.45, 2.75) is 66.2 Å². The Bertz CT molecular complexity index is 296. The van der Waals surface area contributed by atoms with Crippen LogP contribution < -0.4 is 11.1 Å². The molecule has 0 saturated heterocycles. The summed E-state index contributed by atoms with van der Waals surface area (Å²) in [5.41, 5.74) is 5.92. The molecule has 0 aromatic heterocycles. The van der Waals surface area contributed by atoms with Crippen LogP contribution in [0.5, 0.6) is 0 Å². The standard InChI is InChI=1S/C17H34N2O/c1-13-6-5-7-14(13)12-19-16(20)9-8-15(10-11-18)17(2,3)4/h13-15H,5-12,18H2,1-4H3,(H,19,20). The van der Waals surface area contributed by atoms with Crippen molar-refractivity contribution in [3.8, 4) is 0 Å². The van der Waals surface area contributed by atoms with Gasteiger partial charge >= 0.3 is 0 Å². The van der Waals surface area contributed by atoms with Crippen LogP contribution in [0.2, 0.25) is 0 Å². The summed E-state index contributed by atoms with van der Waals surface area (Å²) in [6.45, 7) is 10.6. The zero-order valence-electron chi connectivity index (χ0n) is 13.9. The van der Waals surface area contributed by atoms with Crippen molar-refractivity contribution in [1.29, 1.82) is 0 Å². The molecule has 0 aliphatic heterocycles. The average Bonchev–Trinajstić information content (AvgIpc) is 2.76. The van der Waals surface area contributed by atoms with Crippen LogP contribution in [-0.4, -0.2) is 19.0 Å². The van der Waals surface area contributed by atoms with Gasteiger partial charge in [0.1, 0.15) is 0 Å². The third-order valence-corrected chi connectivity index (χ3v) is 5.06. The van der Waals surface area contributed by atoms with Gasteiger partial charge in [0.15, 0.2) is 0 Å².